The molecule has 1 heterocycles. The summed E-state index contributed by atoms with van der Waals surface area (Å²) in [4.78, 5) is 14.7. The third-order valence-electron chi connectivity index (χ3n) is 6.88. The van der Waals surface area contributed by atoms with Crippen molar-refractivity contribution in [2.45, 2.75) is 43.0 Å². The van der Waals surface area contributed by atoms with Gasteiger partial charge in [0.1, 0.15) is 16.5 Å². The molecular formula is C27H26BrFN2O4S2. The topological polar surface area (TPSA) is 75.7 Å². The number of rotatable bonds is 7. The Morgan fingerprint density at radius 3 is 2.16 bits per heavy atom. The number of benzene rings is 3. The van der Waals surface area contributed by atoms with Gasteiger partial charge < -0.3 is 9.50 Å². The Hall–Kier alpha value is -2.82. The van der Waals surface area contributed by atoms with E-state index in [1.165, 1.54) is 47.4 Å². The molecule has 1 aliphatic rings. The molecule has 0 saturated carbocycles. The Bertz CT molecular complexity index is 1480. The van der Waals surface area contributed by atoms with Gasteiger partial charge in [0, 0.05) is 7.05 Å². The monoisotopic (exact) mass is 604 g/mol. The number of nitrogens with zero attached hydrogens (tertiary/aromatic N) is 1. The van der Waals surface area contributed by atoms with Gasteiger partial charge in [-0.1, -0.05) is 51.1 Å². The molecule has 1 unspecified atom stereocenters. The van der Waals surface area contributed by atoms with Gasteiger partial charge >= 0.3 is 10.1 Å². The molecule has 1 amide bonds. The van der Waals surface area contributed by atoms with Crippen LogP contribution in [-0.2, 0) is 25.9 Å². The SMILES string of the molecule is CCC(C)(C)c1ccc(S(=O)(=O)Oc2ccc(C3(c4ccc(F)c(Br)c4)NC(=S)N(C)C3=O)cc2)cc1. The van der Waals surface area contributed by atoms with Crippen LogP contribution in [0, 0.1) is 5.82 Å². The quantitative estimate of drug-likeness (QED) is 0.278. The van der Waals surface area contributed by atoms with E-state index < -0.39 is 21.5 Å². The Morgan fingerprint density at radius 1 is 1.05 bits per heavy atom. The zero-order valence-electron chi connectivity index (χ0n) is 20.7. The molecule has 3 aromatic rings. The number of hydrogen-bond acceptors (Lipinski definition) is 5. The first-order chi connectivity index (χ1) is 17.3. The fourth-order valence-electron chi connectivity index (χ4n) is 4.14. The second-order valence-corrected chi connectivity index (χ2v) is 12.3. The lowest BCUT2D eigenvalue weighted by molar-refractivity contribution is -0.129. The molecule has 0 spiro atoms. The summed E-state index contributed by atoms with van der Waals surface area (Å²) in [6.45, 7) is 6.28. The molecular weight excluding hydrogens is 579 g/mol. The largest absolute Gasteiger partial charge is 0.379 e. The lowest BCUT2D eigenvalue weighted by Crippen LogP contribution is -2.45. The van der Waals surface area contributed by atoms with Crippen LogP contribution in [0.25, 0.3) is 0 Å². The molecule has 1 aliphatic heterocycles. The van der Waals surface area contributed by atoms with Crippen molar-refractivity contribution in [1.29, 1.82) is 0 Å². The summed E-state index contributed by atoms with van der Waals surface area (Å²) in [7, 11) is -2.53. The van der Waals surface area contributed by atoms with Crippen LogP contribution in [0.4, 0.5) is 4.39 Å². The van der Waals surface area contributed by atoms with Gasteiger partial charge in [0.2, 0.25) is 0 Å². The van der Waals surface area contributed by atoms with Crippen molar-refractivity contribution in [3.63, 3.8) is 0 Å². The van der Waals surface area contributed by atoms with Crippen LogP contribution in [0.15, 0.2) is 76.1 Å². The maximum absolute atomic E-state index is 14.0. The van der Waals surface area contributed by atoms with E-state index in [2.05, 4.69) is 42.0 Å². The van der Waals surface area contributed by atoms with Gasteiger partial charge in [-0.2, -0.15) is 8.42 Å². The minimum atomic E-state index is -4.08. The summed E-state index contributed by atoms with van der Waals surface area (Å²) in [5.74, 6) is -0.744. The molecule has 0 bridgehead atoms. The average molecular weight is 606 g/mol. The zero-order chi connectivity index (χ0) is 27.2. The highest BCUT2D eigenvalue weighted by Gasteiger charge is 2.51. The maximum Gasteiger partial charge on any atom is 0.339 e. The van der Waals surface area contributed by atoms with Crippen LogP contribution in [0.3, 0.4) is 0 Å². The van der Waals surface area contributed by atoms with E-state index in [1.807, 2.05) is 0 Å². The van der Waals surface area contributed by atoms with E-state index in [0.717, 1.165) is 12.0 Å². The molecule has 6 nitrogen and oxygen atoms in total. The summed E-state index contributed by atoms with van der Waals surface area (Å²) in [6, 6.07) is 17.1. The van der Waals surface area contributed by atoms with Crippen LogP contribution >= 0.6 is 28.1 Å². The number of amides is 1. The Balaban J connectivity index is 1.66. The summed E-state index contributed by atoms with van der Waals surface area (Å²) < 4.78 is 45.3. The van der Waals surface area contributed by atoms with E-state index in [-0.39, 0.29) is 31.6 Å². The molecule has 3 aromatic carbocycles. The Morgan fingerprint density at radius 2 is 1.65 bits per heavy atom. The number of likely N-dealkylation sites (N-methyl/N-ethyl adjacent to an activating group) is 1. The number of hydrogen-bond donors (Lipinski definition) is 1. The molecule has 0 radical (unpaired) electrons. The zero-order valence-corrected chi connectivity index (χ0v) is 23.9. The number of halogens is 2. The molecule has 0 aliphatic carbocycles. The average Bonchev–Trinajstić information content (AvgIpc) is 3.10. The van der Waals surface area contributed by atoms with E-state index in [4.69, 9.17) is 16.4 Å². The highest BCUT2D eigenvalue weighted by atomic mass is 79.9. The molecule has 10 heteroatoms. The third-order valence-corrected chi connectivity index (χ3v) is 9.12. The highest BCUT2D eigenvalue weighted by Crippen LogP contribution is 2.38. The van der Waals surface area contributed by atoms with E-state index in [9.17, 15) is 17.6 Å². The predicted molar refractivity (Wildman–Crippen MR) is 147 cm³/mol. The van der Waals surface area contributed by atoms with Crippen LogP contribution in [-0.4, -0.2) is 31.4 Å². The van der Waals surface area contributed by atoms with E-state index >= 15 is 0 Å². The Labute approximate surface area is 230 Å². The van der Waals surface area contributed by atoms with Crippen LogP contribution < -0.4 is 9.50 Å². The standard InChI is InChI=1S/C27H26BrFN2O4S2/c1-5-26(2,3)17-8-13-21(14-9-17)37(33,34)35-20-11-6-18(7-12-20)27(24(32)31(4)25(36)30-27)19-10-15-23(29)22(28)16-19/h6-16H,5H2,1-4H3,(H,30,36). The van der Waals surface area contributed by atoms with Crippen molar-refractivity contribution in [3.05, 3.63) is 93.7 Å². The molecule has 1 N–H and O–H groups in total. The van der Waals surface area contributed by atoms with Gasteiger partial charge in [-0.25, -0.2) is 4.39 Å². The van der Waals surface area contributed by atoms with Gasteiger partial charge in [-0.05, 0) is 93.1 Å². The lowest BCUT2D eigenvalue weighted by atomic mass is 9.82. The normalized spacial score (nSPS) is 18.2. The summed E-state index contributed by atoms with van der Waals surface area (Å²) in [5.41, 5.74) is 0.499. The maximum atomic E-state index is 14.0. The second kappa shape index (κ2) is 9.81. The molecule has 1 fully saturated rings. The first-order valence-corrected chi connectivity index (χ1v) is 14.1. The summed E-state index contributed by atoms with van der Waals surface area (Å²) >= 11 is 8.50. The molecule has 1 atom stereocenters. The van der Waals surface area contributed by atoms with Crippen molar-refractivity contribution in [3.8, 4) is 5.75 Å². The van der Waals surface area contributed by atoms with Gasteiger partial charge in [-0.15, -0.1) is 0 Å². The van der Waals surface area contributed by atoms with Gasteiger partial charge in [0.25, 0.3) is 5.91 Å². The van der Waals surface area contributed by atoms with Crippen molar-refractivity contribution >= 4 is 49.3 Å². The Kier molecular flexibility index (Phi) is 7.22. The smallest absolute Gasteiger partial charge is 0.339 e. The number of nitrogens with one attached hydrogen (secondary N) is 1. The molecule has 0 aromatic heterocycles. The first kappa shape index (κ1) is 27.2. The van der Waals surface area contributed by atoms with Crippen molar-refractivity contribution in [2.75, 3.05) is 7.05 Å². The van der Waals surface area contributed by atoms with Gasteiger partial charge in [0.15, 0.2) is 10.7 Å². The summed E-state index contributed by atoms with van der Waals surface area (Å²) in [5, 5.41) is 3.28. The van der Waals surface area contributed by atoms with Crippen LogP contribution in [0.1, 0.15) is 43.9 Å². The van der Waals surface area contributed by atoms with Crippen molar-refractivity contribution in [2.24, 2.45) is 0 Å². The number of carbonyl (C=O) groups is 1. The van der Waals surface area contributed by atoms with Crippen molar-refractivity contribution in [1.82, 2.24) is 10.2 Å². The predicted octanol–water partition coefficient (Wildman–Crippen LogP) is 5.63. The van der Waals surface area contributed by atoms with Crippen LogP contribution in [0.5, 0.6) is 5.75 Å². The fourth-order valence-corrected chi connectivity index (χ4v) is 5.69. The van der Waals surface area contributed by atoms with Crippen molar-refractivity contribution < 1.29 is 21.8 Å². The van der Waals surface area contributed by atoms with E-state index in [0.29, 0.717) is 11.1 Å². The number of carbonyl (C=O) groups excluding carboxylic acids is 1. The molecule has 194 valence electrons. The molecule has 37 heavy (non-hydrogen) atoms. The summed E-state index contributed by atoms with van der Waals surface area (Å²) in [6.07, 6.45) is 0.913. The highest BCUT2D eigenvalue weighted by molar-refractivity contribution is 9.10. The fraction of sp³-hybridized carbons (Fsp3) is 0.259. The lowest BCUT2D eigenvalue weighted by Gasteiger charge is -2.28. The van der Waals surface area contributed by atoms with Crippen LogP contribution in [0.2, 0.25) is 0 Å². The van der Waals surface area contributed by atoms with E-state index in [1.54, 1.807) is 31.3 Å². The molecule has 1 saturated heterocycles. The second-order valence-electron chi connectivity index (χ2n) is 9.50. The first-order valence-electron chi connectivity index (χ1n) is 11.5. The molecule has 4 rings (SSSR count). The number of thiocarbonyl (C=S) groups is 1. The van der Waals surface area contributed by atoms with Gasteiger partial charge in [0.05, 0.1) is 4.47 Å². The minimum absolute atomic E-state index is 0.0412. The van der Waals surface area contributed by atoms with Gasteiger partial charge in [-0.3, -0.25) is 9.69 Å². The minimum Gasteiger partial charge on any atom is -0.379 e. The third kappa shape index (κ3) is 4.89.